The van der Waals surface area contributed by atoms with Crippen molar-refractivity contribution in [3.05, 3.63) is 125 Å². The Balaban J connectivity index is 1.27. The van der Waals surface area contributed by atoms with Gasteiger partial charge in [-0.3, -0.25) is 4.79 Å². The number of carbonyl (C=O) groups is 2. The summed E-state index contributed by atoms with van der Waals surface area (Å²) in [5, 5.41) is 13.9. The molecule has 196 valence electrons. The number of carboxylic acid groups (broad SMARTS) is 1. The second-order valence-corrected chi connectivity index (χ2v) is 9.70. The summed E-state index contributed by atoms with van der Waals surface area (Å²) >= 11 is 6.01. The van der Waals surface area contributed by atoms with E-state index in [0.29, 0.717) is 28.5 Å². The molecule has 0 saturated heterocycles. The largest absolute Gasteiger partial charge is 0.489 e. The summed E-state index contributed by atoms with van der Waals surface area (Å²) in [6.45, 7) is 2.22. The number of rotatable bonds is 9. The molecule has 0 saturated carbocycles. The number of benzene rings is 4. The van der Waals surface area contributed by atoms with Crippen molar-refractivity contribution in [2.24, 2.45) is 0 Å². The number of aryl methyl sites for hydroxylation is 1. The van der Waals surface area contributed by atoms with Gasteiger partial charge in [-0.1, -0.05) is 72.3 Å². The molecule has 5 rings (SSSR count). The lowest BCUT2D eigenvalue weighted by molar-refractivity contribution is -0.139. The highest BCUT2D eigenvalue weighted by atomic mass is 35.5. The fourth-order valence-electron chi connectivity index (χ4n) is 4.38. The molecule has 2 N–H and O–H groups in total. The van der Waals surface area contributed by atoms with Gasteiger partial charge >= 0.3 is 5.97 Å². The van der Waals surface area contributed by atoms with E-state index in [1.807, 2.05) is 66.7 Å². The van der Waals surface area contributed by atoms with Gasteiger partial charge in [-0.15, -0.1) is 0 Å². The Labute approximate surface area is 230 Å². The second kappa shape index (κ2) is 11.5. The highest BCUT2D eigenvalue weighted by molar-refractivity contribution is 6.30. The molecule has 0 aliphatic heterocycles. The molecule has 1 heterocycles. The van der Waals surface area contributed by atoms with Crippen LogP contribution in [0, 0.1) is 6.92 Å². The zero-order valence-corrected chi connectivity index (χ0v) is 21.9. The summed E-state index contributed by atoms with van der Waals surface area (Å²) in [6.07, 6.45) is 0.111. The van der Waals surface area contributed by atoms with Crippen LogP contribution in [0.5, 0.6) is 5.75 Å². The van der Waals surface area contributed by atoms with Gasteiger partial charge in [0.25, 0.3) is 5.91 Å². The number of hydrogen-bond donors (Lipinski definition) is 2. The summed E-state index contributed by atoms with van der Waals surface area (Å²) < 4.78 is 11.6. The van der Waals surface area contributed by atoms with Crippen LogP contribution < -0.4 is 10.1 Å². The minimum atomic E-state index is -1.13. The maximum atomic E-state index is 13.1. The summed E-state index contributed by atoms with van der Waals surface area (Å²) in [4.78, 5) is 25.1. The lowest BCUT2D eigenvalue weighted by Crippen LogP contribution is -2.42. The molecule has 1 aromatic heterocycles. The van der Waals surface area contributed by atoms with Gasteiger partial charge in [0.05, 0.1) is 0 Å². The second-order valence-electron chi connectivity index (χ2n) is 9.26. The smallest absolute Gasteiger partial charge is 0.326 e. The van der Waals surface area contributed by atoms with E-state index in [2.05, 4.69) is 5.32 Å². The van der Waals surface area contributed by atoms with Crippen LogP contribution in [0.2, 0.25) is 5.02 Å². The Bertz CT molecular complexity index is 1610. The van der Waals surface area contributed by atoms with Gasteiger partial charge < -0.3 is 19.6 Å². The number of nitrogens with one attached hydrogen (secondary N) is 1. The molecule has 4 aromatic carbocycles. The molecule has 1 atom stereocenters. The number of fused-ring (bicyclic) bond motifs is 1. The number of aliphatic carboxylic acids is 1. The number of halogens is 1. The molecule has 6 nitrogen and oxygen atoms in total. The zero-order chi connectivity index (χ0) is 27.4. The number of carboxylic acids is 1. The molecule has 1 amide bonds. The minimum absolute atomic E-state index is 0.0918. The monoisotopic (exact) mass is 539 g/mol. The molecule has 0 radical (unpaired) electrons. The quantitative estimate of drug-likeness (QED) is 0.209. The predicted molar refractivity (Wildman–Crippen MR) is 151 cm³/mol. The lowest BCUT2D eigenvalue weighted by Gasteiger charge is -2.14. The Hall–Kier alpha value is -4.55. The van der Waals surface area contributed by atoms with Crippen molar-refractivity contribution in [3.63, 3.8) is 0 Å². The maximum Gasteiger partial charge on any atom is 0.326 e. The number of carbonyl (C=O) groups excluding carboxylic acids is 1. The van der Waals surface area contributed by atoms with Crippen LogP contribution in [0.25, 0.3) is 22.1 Å². The molecular weight excluding hydrogens is 514 g/mol. The first-order valence-corrected chi connectivity index (χ1v) is 12.8. The third-order valence-electron chi connectivity index (χ3n) is 6.53. The summed E-state index contributed by atoms with van der Waals surface area (Å²) in [5.41, 5.74) is 4.93. The standard InChI is InChI=1S/C32H26ClNO5/c1-20-27-18-24(23-9-12-25(33)13-10-23)11-16-29(27)39-30(20)31(35)34-28(32(36)37)17-21-7-14-26(15-8-21)38-19-22-5-3-2-4-6-22/h2-16,18,28H,17,19H2,1H3,(H,34,35)(H,36,37). The first-order chi connectivity index (χ1) is 18.9. The van der Waals surface area contributed by atoms with Crippen LogP contribution in [0.15, 0.2) is 101 Å². The van der Waals surface area contributed by atoms with Gasteiger partial charge in [0, 0.05) is 22.4 Å². The molecule has 0 aliphatic rings. The van der Waals surface area contributed by atoms with Crippen molar-refractivity contribution >= 4 is 34.4 Å². The molecule has 1 unspecified atom stereocenters. The average Bonchev–Trinajstić information content (AvgIpc) is 3.29. The number of hydrogen-bond acceptors (Lipinski definition) is 4. The van der Waals surface area contributed by atoms with Gasteiger partial charge in [-0.2, -0.15) is 0 Å². The van der Waals surface area contributed by atoms with E-state index < -0.39 is 17.9 Å². The summed E-state index contributed by atoms with van der Waals surface area (Å²) in [6, 6.07) is 29.0. The van der Waals surface area contributed by atoms with Gasteiger partial charge in [0.15, 0.2) is 5.76 Å². The van der Waals surface area contributed by atoms with Crippen LogP contribution >= 0.6 is 11.6 Å². The summed E-state index contributed by atoms with van der Waals surface area (Å²) in [5.74, 6) is -0.943. The average molecular weight is 540 g/mol. The van der Waals surface area contributed by atoms with E-state index in [1.165, 1.54) is 0 Å². The van der Waals surface area contributed by atoms with Crippen molar-refractivity contribution in [3.8, 4) is 16.9 Å². The van der Waals surface area contributed by atoms with Crippen LogP contribution in [-0.2, 0) is 17.8 Å². The van der Waals surface area contributed by atoms with E-state index >= 15 is 0 Å². The first-order valence-electron chi connectivity index (χ1n) is 12.5. The number of amides is 1. The Morgan fingerprint density at radius 2 is 1.59 bits per heavy atom. The van der Waals surface area contributed by atoms with E-state index in [1.54, 1.807) is 37.3 Å². The Morgan fingerprint density at radius 3 is 2.28 bits per heavy atom. The van der Waals surface area contributed by atoms with Crippen LogP contribution in [-0.4, -0.2) is 23.0 Å². The normalized spacial score (nSPS) is 11.7. The number of furan rings is 1. The van der Waals surface area contributed by atoms with Crippen molar-refractivity contribution in [1.82, 2.24) is 5.32 Å². The fraction of sp³-hybridized carbons (Fsp3) is 0.125. The Kier molecular flexibility index (Phi) is 7.66. The maximum absolute atomic E-state index is 13.1. The fourth-order valence-corrected chi connectivity index (χ4v) is 4.51. The third-order valence-corrected chi connectivity index (χ3v) is 6.79. The van der Waals surface area contributed by atoms with Gasteiger partial charge in [0.1, 0.15) is 24.0 Å². The molecule has 7 heteroatoms. The predicted octanol–water partition coefficient (Wildman–Crippen LogP) is 7.07. The molecular formula is C32H26ClNO5. The molecule has 0 bridgehead atoms. The molecule has 39 heavy (non-hydrogen) atoms. The van der Waals surface area contributed by atoms with Crippen LogP contribution in [0.3, 0.4) is 0 Å². The van der Waals surface area contributed by atoms with Gasteiger partial charge in [0.2, 0.25) is 0 Å². The van der Waals surface area contributed by atoms with Gasteiger partial charge in [-0.25, -0.2) is 4.79 Å². The third kappa shape index (κ3) is 6.13. The highest BCUT2D eigenvalue weighted by Gasteiger charge is 2.25. The van der Waals surface area contributed by atoms with Crippen LogP contribution in [0.4, 0.5) is 0 Å². The van der Waals surface area contributed by atoms with Gasteiger partial charge in [-0.05, 0) is 65.6 Å². The molecule has 0 fully saturated rings. The molecule has 0 aliphatic carbocycles. The van der Waals surface area contributed by atoms with E-state index in [4.69, 9.17) is 20.8 Å². The highest BCUT2D eigenvalue weighted by Crippen LogP contribution is 2.31. The van der Waals surface area contributed by atoms with Crippen LogP contribution in [0.1, 0.15) is 27.2 Å². The lowest BCUT2D eigenvalue weighted by atomic mass is 10.0. The van der Waals surface area contributed by atoms with E-state index in [-0.39, 0.29) is 12.2 Å². The van der Waals surface area contributed by atoms with E-state index in [0.717, 1.165) is 27.6 Å². The minimum Gasteiger partial charge on any atom is -0.489 e. The van der Waals surface area contributed by atoms with Crippen molar-refractivity contribution in [1.29, 1.82) is 0 Å². The topological polar surface area (TPSA) is 88.8 Å². The van der Waals surface area contributed by atoms with Crippen molar-refractivity contribution < 1.29 is 23.8 Å². The SMILES string of the molecule is Cc1c(C(=O)NC(Cc2ccc(OCc3ccccc3)cc2)C(=O)O)oc2ccc(-c3ccc(Cl)cc3)cc12. The number of ether oxygens (including phenoxy) is 1. The summed E-state index contributed by atoms with van der Waals surface area (Å²) in [7, 11) is 0. The Morgan fingerprint density at radius 1 is 0.897 bits per heavy atom. The molecule has 0 spiro atoms. The zero-order valence-electron chi connectivity index (χ0n) is 21.2. The van der Waals surface area contributed by atoms with Crippen molar-refractivity contribution in [2.75, 3.05) is 0 Å². The first kappa shape index (κ1) is 26.1. The van der Waals surface area contributed by atoms with Crippen molar-refractivity contribution in [2.45, 2.75) is 26.0 Å². The van der Waals surface area contributed by atoms with E-state index in [9.17, 15) is 14.7 Å². The molecule has 5 aromatic rings.